The highest BCUT2D eigenvalue weighted by atomic mass is 16.6. The number of amides is 5. The van der Waals surface area contributed by atoms with Gasteiger partial charge in [0.1, 0.15) is 41.6 Å². The molecule has 3 saturated carbocycles. The van der Waals surface area contributed by atoms with E-state index in [4.69, 9.17) is 9.47 Å². The van der Waals surface area contributed by atoms with Crippen molar-refractivity contribution in [3.05, 3.63) is 65.5 Å². The average molecular weight is 1090 g/mol. The number of likely N-dealkylation sites (tertiary alicyclic amines) is 2. The van der Waals surface area contributed by atoms with Crippen molar-refractivity contribution in [1.82, 2.24) is 30.7 Å². The molecule has 5 amide bonds. The van der Waals surface area contributed by atoms with Gasteiger partial charge in [-0.05, 0) is 187 Å². The number of unbranched alkanes of at least 4 members (excludes halogenated alkanes) is 1. The van der Waals surface area contributed by atoms with E-state index < -0.39 is 53.6 Å². The number of allylic oxidation sites excluding steroid dienone is 2. The topological polar surface area (TPSA) is 187 Å². The van der Waals surface area contributed by atoms with Crippen LogP contribution >= 0.6 is 0 Å². The molecule has 79 heavy (non-hydrogen) atoms. The molecular formula is C64H96N6O9. The normalized spacial score (nSPS) is 29.5. The molecule has 15 nitrogen and oxygen atoms in total. The number of nitrogens with zero attached hydrogens (tertiary/aromatic N) is 3. The molecule has 0 spiro atoms. The van der Waals surface area contributed by atoms with Gasteiger partial charge < -0.3 is 45.2 Å². The van der Waals surface area contributed by atoms with E-state index in [9.17, 15) is 33.9 Å². The minimum absolute atomic E-state index is 0.0402. The number of phenols is 1. The molecule has 1 aromatic rings. The molecule has 436 valence electrons. The summed E-state index contributed by atoms with van der Waals surface area (Å²) in [5.41, 5.74) is 2.46. The third-order valence-electron chi connectivity index (χ3n) is 19.7. The van der Waals surface area contributed by atoms with Crippen LogP contribution in [0.25, 0.3) is 0 Å². The molecule has 7 aliphatic rings. The van der Waals surface area contributed by atoms with Crippen LogP contribution in [0.15, 0.2) is 60.0 Å². The van der Waals surface area contributed by atoms with Crippen molar-refractivity contribution in [3.63, 3.8) is 0 Å². The Labute approximate surface area is 471 Å². The van der Waals surface area contributed by atoms with Gasteiger partial charge >= 0.3 is 12.1 Å². The Morgan fingerprint density at radius 3 is 2.27 bits per heavy atom. The molecule has 3 heterocycles. The Morgan fingerprint density at radius 1 is 0.810 bits per heavy atom. The fraction of sp³-hybridized carbons (Fsp3) is 0.719. The van der Waals surface area contributed by atoms with Gasteiger partial charge in [-0.3, -0.25) is 19.2 Å². The van der Waals surface area contributed by atoms with Gasteiger partial charge in [-0.2, -0.15) is 0 Å². The molecule has 4 aliphatic carbocycles. The van der Waals surface area contributed by atoms with Crippen molar-refractivity contribution in [2.45, 2.75) is 220 Å². The van der Waals surface area contributed by atoms with E-state index in [2.05, 4.69) is 56.6 Å². The lowest BCUT2D eigenvalue weighted by Crippen LogP contribution is -2.57. The molecule has 1 aromatic carbocycles. The minimum Gasteiger partial charge on any atom is -0.508 e. The van der Waals surface area contributed by atoms with Crippen LogP contribution in [0.2, 0.25) is 0 Å². The van der Waals surface area contributed by atoms with E-state index in [1.165, 1.54) is 62.7 Å². The van der Waals surface area contributed by atoms with Gasteiger partial charge in [-0.1, -0.05) is 83.7 Å². The highest BCUT2D eigenvalue weighted by molar-refractivity contribution is 5.99. The molecule has 0 bridgehead atoms. The predicted octanol–water partition coefficient (Wildman–Crippen LogP) is 10.3. The Morgan fingerprint density at radius 2 is 1.54 bits per heavy atom. The number of alkyl carbamates (subject to hydrolysis) is 1. The zero-order valence-electron chi connectivity index (χ0n) is 49.3. The summed E-state index contributed by atoms with van der Waals surface area (Å²) in [7, 11) is 1.86. The summed E-state index contributed by atoms with van der Waals surface area (Å²) in [5.74, 6) is 2.30. The maximum absolute atomic E-state index is 14.8. The number of aromatic hydroxyl groups is 1. The minimum atomic E-state index is -1.16. The lowest BCUT2D eigenvalue weighted by Gasteiger charge is -2.58. The maximum Gasteiger partial charge on any atom is 0.407 e. The smallest absolute Gasteiger partial charge is 0.407 e. The summed E-state index contributed by atoms with van der Waals surface area (Å²) >= 11 is 0. The van der Waals surface area contributed by atoms with Crippen molar-refractivity contribution in [2.24, 2.45) is 46.3 Å². The second-order valence-electron chi connectivity index (χ2n) is 26.8. The molecule has 0 aromatic heterocycles. The SMILES string of the molecule is CC(C)CCCC(C)C1CCC2C3CC=C4CC(OC(=O)[C@H](CCCCNC(=O)OC(C)(C)C)NC(=O)[C@H](Cc5ccc(O)cc5)NC(=O)[C@@H]5CCCN5C(=O)[C@@H]5CCCN5C(=O)C5=CN(C)C=CC5)CC[C@]4(C)C3CC[C@]12C. The van der Waals surface area contributed by atoms with Crippen molar-refractivity contribution >= 4 is 35.7 Å². The largest absolute Gasteiger partial charge is 0.508 e. The van der Waals surface area contributed by atoms with Crippen LogP contribution in [0.4, 0.5) is 4.79 Å². The van der Waals surface area contributed by atoms with Gasteiger partial charge in [0.05, 0.1) is 0 Å². The Bertz CT molecular complexity index is 2450. The Kier molecular flexibility index (Phi) is 19.4. The van der Waals surface area contributed by atoms with E-state index in [-0.39, 0.29) is 41.9 Å². The summed E-state index contributed by atoms with van der Waals surface area (Å²) in [6, 6.07) is 2.61. The van der Waals surface area contributed by atoms with Crippen LogP contribution in [0.1, 0.15) is 183 Å². The highest BCUT2D eigenvalue weighted by Crippen LogP contribution is 2.67. The quantitative estimate of drug-likeness (QED) is 0.0556. The van der Waals surface area contributed by atoms with Crippen LogP contribution in [-0.4, -0.2) is 118 Å². The zero-order valence-corrected chi connectivity index (χ0v) is 49.3. The van der Waals surface area contributed by atoms with Gasteiger partial charge in [0.2, 0.25) is 17.7 Å². The van der Waals surface area contributed by atoms with Crippen LogP contribution in [-0.2, 0) is 39.9 Å². The van der Waals surface area contributed by atoms with Crippen LogP contribution in [0, 0.1) is 46.3 Å². The summed E-state index contributed by atoms with van der Waals surface area (Å²) in [6.07, 6.45) is 23.6. The number of rotatable bonds is 20. The van der Waals surface area contributed by atoms with Crippen molar-refractivity contribution in [2.75, 3.05) is 26.7 Å². The Hall–Kier alpha value is -5.34. The Balaban J connectivity index is 0.950. The zero-order chi connectivity index (χ0) is 56.8. The third-order valence-corrected chi connectivity index (χ3v) is 19.7. The number of carbonyl (C=O) groups is 6. The van der Waals surface area contributed by atoms with E-state index >= 15 is 0 Å². The number of hydrogen-bond acceptors (Lipinski definition) is 10. The fourth-order valence-electron chi connectivity index (χ4n) is 15.6. The molecule has 3 aliphatic heterocycles. The fourth-order valence-corrected chi connectivity index (χ4v) is 15.6. The number of esters is 1. The van der Waals surface area contributed by atoms with E-state index in [0.717, 1.165) is 42.9 Å². The molecule has 5 fully saturated rings. The summed E-state index contributed by atoms with van der Waals surface area (Å²) in [5, 5.41) is 18.9. The molecule has 4 N–H and O–H groups in total. The van der Waals surface area contributed by atoms with E-state index in [0.29, 0.717) is 99.4 Å². The van der Waals surface area contributed by atoms with Gasteiger partial charge in [-0.15, -0.1) is 0 Å². The number of ether oxygens (including phenoxy) is 2. The first-order valence-corrected chi connectivity index (χ1v) is 30.5. The molecule has 15 heteroatoms. The van der Waals surface area contributed by atoms with Crippen molar-refractivity contribution < 1.29 is 43.3 Å². The van der Waals surface area contributed by atoms with Crippen LogP contribution in [0.3, 0.4) is 0 Å². The first-order valence-electron chi connectivity index (χ1n) is 30.5. The molecule has 12 atom stereocenters. The number of fused-ring (bicyclic) bond motifs is 5. The molecule has 6 unspecified atom stereocenters. The lowest BCUT2D eigenvalue weighted by molar-refractivity contribution is -0.155. The third kappa shape index (κ3) is 14.2. The first kappa shape index (κ1) is 59.8. The predicted molar refractivity (Wildman–Crippen MR) is 306 cm³/mol. The average Bonchev–Trinajstić information content (AvgIpc) is 4.36. The highest BCUT2D eigenvalue weighted by Gasteiger charge is 2.59. The summed E-state index contributed by atoms with van der Waals surface area (Å²) < 4.78 is 11.9. The van der Waals surface area contributed by atoms with Gasteiger partial charge in [0.25, 0.3) is 5.91 Å². The second-order valence-corrected chi connectivity index (χ2v) is 26.8. The number of carbonyl (C=O) groups excluding carboxylic acids is 6. The summed E-state index contributed by atoms with van der Waals surface area (Å²) in [4.78, 5) is 89.6. The second kappa shape index (κ2) is 25.6. The van der Waals surface area contributed by atoms with Crippen LogP contribution < -0.4 is 16.0 Å². The molecule has 0 radical (unpaired) electrons. The molecule has 2 saturated heterocycles. The number of hydrogen-bond donors (Lipinski definition) is 4. The van der Waals surface area contributed by atoms with Gasteiger partial charge in [0.15, 0.2) is 0 Å². The lowest BCUT2D eigenvalue weighted by atomic mass is 9.47. The maximum atomic E-state index is 14.8. The molecular weight excluding hydrogens is 997 g/mol. The summed E-state index contributed by atoms with van der Waals surface area (Å²) in [6.45, 7) is 18.8. The molecule has 8 rings (SSSR count). The first-order chi connectivity index (χ1) is 37.5. The van der Waals surface area contributed by atoms with E-state index in [1.54, 1.807) is 48.9 Å². The van der Waals surface area contributed by atoms with Crippen molar-refractivity contribution in [3.8, 4) is 5.75 Å². The monoisotopic (exact) mass is 1090 g/mol. The standard InChI is InChI=1S/C64H96N6O9/c1-41(2)16-12-17-42(3)49-28-29-50-48-27-24-45-39-47(30-32-63(45,7)51(48)31-33-64(49,50)8)78-60(76)52(19-10-11-34-65-61(77)79-62(4,5)6)66-56(72)53(38-43-22-25-46(71)26-23-43)67-57(73)54-20-14-36-69(54)59(75)55-21-15-37-70(55)58(74)44-18-13-35-68(9)40-44/h13,22-26,35,40-42,47-55,71H,10-12,14-21,27-34,36-39H2,1-9H3,(H,65,77)(H,66,72)(H,67,73)/t42?,47?,48?,49?,50?,51?,52-,53-,54-,55-,63-,64+/m0/s1. The number of nitrogens with one attached hydrogen (secondary N) is 3. The van der Waals surface area contributed by atoms with Crippen molar-refractivity contribution in [1.29, 1.82) is 0 Å². The van der Waals surface area contributed by atoms with Crippen LogP contribution in [0.5, 0.6) is 5.75 Å². The van der Waals surface area contributed by atoms with Gasteiger partial charge in [0, 0.05) is 51.3 Å². The number of benzene rings is 1. The number of phenolic OH excluding ortho intramolecular Hbond substituents is 1. The van der Waals surface area contributed by atoms with Gasteiger partial charge in [-0.25, -0.2) is 9.59 Å². The van der Waals surface area contributed by atoms with E-state index in [1.807, 2.05) is 24.2 Å².